The largest absolute Gasteiger partial charge is 0.493 e. The molecular formula is C25H24ClN3O6. The van der Waals surface area contributed by atoms with Crippen molar-refractivity contribution >= 4 is 40.7 Å². The van der Waals surface area contributed by atoms with E-state index in [2.05, 4.69) is 10.2 Å². The quantitative estimate of drug-likeness (QED) is 0.649. The van der Waals surface area contributed by atoms with Crippen molar-refractivity contribution < 1.29 is 28.6 Å². The first kappa shape index (κ1) is 22.2. The number of anilines is 2. The number of amides is 3. The second-order valence-corrected chi connectivity index (χ2v) is 9.65. The molecule has 6 rings (SSSR count). The van der Waals surface area contributed by atoms with Gasteiger partial charge in [0.15, 0.2) is 11.5 Å². The molecule has 35 heavy (non-hydrogen) atoms. The van der Waals surface area contributed by atoms with E-state index in [1.165, 1.54) is 26.2 Å². The van der Waals surface area contributed by atoms with Gasteiger partial charge in [0.05, 0.1) is 38.9 Å². The van der Waals surface area contributed by atoms with Crippen molar-refractivity contribution in [3.63, 3.8) is 0 Å². The maximum Gasteiger partial charge on any atom is 0.250 e. The van der Waals surface area contributed by atoms with Crippen molar-refractivity contribution in [3.05, 3.63) is 40.9 Å². The summed E-state index contributed by atoms with van der Waals surface area (Å²) in [6.07, 6.45) is 1.57. The second-order valence-electron chi connectivity index (χ2n) is 9.21. The van der Waals surface area contributed by atoms with E-state index in [1.807, 2.05) is 0 Å². The smallest absolute Gasteiger partial charge is 0.250 e. The molecule has 3 amide bonds. The summed E-state index contributed by atoms with van der Waals surface area (Å²) in [5.74, 6) is -1.56. The van der Waals surface area contributed by atoms with Crippen LogP contribution in [0.3, 0.4) is 0 Å². The number of nitrogens with one attached hydrogen (secondary N) is 1. The van der Waals surface area contributed by atoms with Crippen molar-refractivity contribution in [2.24, 2.45) is 11.8 Å². The highest BCUT2D eigenvalue weighted by Crippen LogP contribution is 2.61. The van der Waals surface area contributed by atoms with Crippen molar-refractivity contribution in [3.8, 4) is 17.2 Å². The number of imide groups is 1. The Labute approximate surface area is 206 Å². The van der Waals surface area contributed by atoms with Gasteiger partial charge in [-0.2, -0.15) is 0 Å². The minimum absolute atomic E-state index is 0.223. The van der Waals surface area contributed by atoms with E-state index in [0.29, 0.717) is 45.8 Å². The number of hydrogen-bond donors (Lipinski definition) is 1. The third-order valence-electron chi connectivity index (χ3n) is 7.86. The highest BCUT2D eigenvalue weighted by atomic mass is 35.5. The number of ether oxygens (including phenoxy) is 3. The molecule has 0 unspecified atom stereocenters. The molecule has 182 valence electrons. The van der Waals surface area contributed by atoms with Gasteiger partial charge in [-0.15, -0.1) is 0 Å². The van der Waals surface area contributed by atoms with Crippen LogP contribution in [0.25, 0.3) is 0 Å². The Balaban J connectivity index is 1.53. The molecule has 2 aromatic carbocycles. The zero-order valence-electron chi connectivity index (χ0n) is 19.5. The van der Waals surface area contributed by atoms with Crippen molar-refractivity contribution in [1.82, 2.24) is 4.90 Å². The van der Waals surface area contributed by atoms with Crippen LogP contribution >= 0.6 is 11.6 Å². The number of methoxy groups -OCH3 is 3. The van der Waals surface area contributed by atoms with Crippen molar-refractivity contribution in [2.45, 2.75) is 24.4 Å². The van der Waals surface area contributed by atoms with Gasteiger partial charge in [0.25, 0.3) is 0 Å². The van der Waals surface area contributed by atoms with Crippen LogP contribution < -0.4 is 24.4 Å². The van der Waals surface area contributed by atoms with E-state index < -0.39 is 23.3 Å². The molecular weight excluding hydrogens is 474 g/mol. The molecule has 4 aliphatic rings. The number of benzene rings is 2. The monoisotopic (exact) mass is 497 g/mol. The van der Waals surface area contributed by atoms with Crippen LogP contribution in [0.2, 0.25) is 5.02 Å². The average molecular weight is 498 g/mol. The zero-order chi connectivity index (χ0) is 24.6. The molecule has 9 nitrogen and oxygen atoms in total. The third kappa shape index (κ3) is 2.65. The fourth-order valence-electron chi connectivity index (χ4n) is 6.63. The lowest BCUT2D eigenvalue weighted by Gasteiger charge is -2.36. The van der Waals surface area contributed by atoms with E-state index in [1.54, 1.807) is 30.3 Å². The fraction of sp³-hybridized carbons (Fsp3) is 0.400. The second kappa shape index (κ2) is 7.60. The van der Waals surface area contributed by atoms with Gasteiger partial charge in [0.2, 0.25) is 23.5 Å². The van der Waals surface area contributed by atoms with Crippen LogP contribution in [0, 0.1) is 11.8 Å². The predicted molar refractivity (Wildman–Crippen MR) is 127 cm³/mol. The van der Waals surface area contributed by atoms with Gasteiger partial charge < -0.3 is 19.5 Å². The molecule has 10 heteroatoms. The molecule has 0 aromatic heterocycles. The Bertz CT molecular complexity index is 1270. The molecule has 4 atom stereocenters. The average Bonchev–Trinajstić information content (AvgIpc) is 3.56. The summed E-state index contributed by atoms with van der Waals surface area (Å²) in [7, 11) is 4.42. The Morgan fingerprint density at radius 3 is 2.37 bits per heavy atom. The van der Waals surface area contributed by atoms with Crippen LogP contribution in [0.5, 0.6) is 17.2 Å². The Kier molecular flexibility index (Phi) is 4.82. The first-order valence-corrected chi connectivity index (χ1v) is 11.8. The molecule has 4 aliphatic heterocycles. The normalized spacial score (nSPS) is 28.9. The summed E-state index contributed by atoms with van der Waals surface area (Å²) >= 11 is 6.34. The predicted octanol–water partition coefficient (Wildman–Crippen LogP) is 2.80. The molecule has 1 N–H and O–H groups in total. The lowest BCUT2D eigenvalue weighted by molar-refractivity contribution is -0.135. The fourth-order valence-corrected chi connectivity index (χ4v) is 6.80. The molecule has 0 bridgehead atoms. The zero-order valence-corrected chi connectivity index (χ0v) is 20.2. The molecule has 4 heterocycles. The van der Waals surface area contributed by atoms with Crippen molar-refractivity contribution in [2.75, 3.05) is 38.1 Å². The van der Waals surface area contributed by atoms with Crippen LogP contribution in [0.4, 0.5) is 11.4 Å². The van der Waals surface area contributed by atoms with E-state index >= 15 is 0 Å². The highest BCUT2D eigenvalue weighted by Gasteiger charge is 2.74. The summed E-state index contributed by atoms with van der Waals surface area (Å²) in [5, 5.41) is 3.42. The number of rotatable bonds is 4. The maximum atomic E-state index is 14.1. The van der Waals surface area contributed by atoms with E-state index in [4.69, 9.17) is 25.8 Å². The summed E-state index contributed by atoms with van der Waals surface area (Å²) in [6, 6.07) is 8.14. The van der Waals surface area contributed by atoms with Gasteiger partial charge in [-0.25, -0.2) is 4.90 Å². The Hall–Kier alpha value is -3.30. The lowest BCUT2D eigenvalue weighted by atomic mass is 9.75. The van der Waals surface area contributed by atoms with Gasteiger partial charge in [-0.1, -0.05) is 11.6 Å². The maximum absolute atomic E-state index is 14.1. The molecule has 0 saturated carbocycles. The first-order chi connectivity index (χ1) is 16.9. The van der Waals surface area contributed by atoms with E-state index in [9.17, 15) is 14.4 Å². The summed E-state index contributed by atoms with van der Waals surface area (Å²) in [5.41, 5.74) is 0.307. The topological polar surface area (TPSA) is 97.4 Å². The number of hydrogen-bond acceptors (Lipinski definition) is 7. The Morgan fingerprint density at radius 1 is 1.00 bits per heavy atom. The van der Waals surface area contributed by atoms with Gasteiger partial charge in [0, 0.05) is 34.4 Å². The van der Waals surface area contributed by atoms with Gasteiger partial charge in [-0.05, 0) is 37.6 Å². The van der Waals surface area contributed by atoms with Gasteiger partial charge in [-0.3, -0.25) is 19.3 Å². The number of halogens is 1. The SMILES string of the molecule is COc1cc(N2C(=O)[C@@H]3[C@@H](C2=O)[C@]2(C(=O)Nc4ccc(Cl)cc42)N2CCC[C@@H]32)cc(OC)c1OC. The summed E-state index contributed by atoms with van der Waals surface area (Å²) in [6.45, 7) is 0.627. The molecule has 0 aliphatic carbocycles. The van der Waals surface area contributed by atoms with Crippen LogP contribution in [-0.4, -0.2) is 56.5 Å². The first-order valence-electron chi connectivity index (χ1n) is 11.4. The van der Waals surface area contributed by atoms with E-state index in [-0.39, 0.29) is 17.9 Å². The van der Waals surface area contributed by atoms with Gasteiger partial charge in [0.1, 0.15) is 5.54 Å². The standard InChI is InChI=1S/C25H24ClN3O6/c1-33-17-10-13(11-18(34-2)21(17)35-3)29-22(30)19-16-5-4-8-28(16)25(20(19)23(29)31)14-9-12(26)6-7-15(14)27-24(25)32/h6-7,9-11,16,19-20H,4-5,8H2,1-3H3,(H,27,32)/t16-,19-,20-,25+/m0/s1. The lowest BCUT2D eigenvalue weighted by Crippen LogP contribution is -2.54. The number of carbonyl (C=O) groups excluding carboxylic acids is 3. The molecule has 3 fully saturated rings. The Morgan fingerprint density at radius 2 is 1.71 bits per heavy atom. The minimum Gasteiger partial charge on any atom is -0.493 e. The van der Waals surface area contributed by atoms with Crippen LogP contribution in [-0.2, 0) is 19.9 Å². The summed E-state index contributed by atoms with van der Waals surface area (Å²) < 4.78 is 16.3. The molecule has 3 saturated heterocycles. The van der Waals surface area contributed by atoms with Crippen LogP contribution in [0.15, 0.2) is 30.3 Å². The summed E-state index contributed by atoms with van der Waals surface area (Å²) in [4.78, 5) is 45.0. The number of nitrogens with zero attached hydrogens (tertiary/aromatic N) is 2. The third-order valence-corrected chi connectivity index (χ3v) is 8.10. The molecule has 2 aromatic rings. The minimum atomic E-state index is -1.28. The van der Waals surface area contributed by atoms with Gasteiger partial charge >= 0.3 is 0 Å². The molecule has 1 spiro atoms. The highest BCUT2D eigenvalue weighted by molar-refractivity contribution is 6.31. The van der Waals surface area contributed by atoms with Crippen molar-refractivity contribution in [1.29, 1.82) is 0 Å². The number of fused-ring (bicyclic) bond motifs is 7. The molecule has 0 radical (unpaired) electrons. The van der Waals surface area contributed by atoms with E-state index in [0.717, 1.165) is 12.8 Å². The number of carbonyl (C=O) groups is 3. The van der Waals surface area contributed by atoms with Crippen LogP contribution in [0.1, 0.15) is 18.4 Å².